The number of nitrogens with one attached hydrogen (secondary N) is 2. The highest BCUT2D eigenvalue weighted by Gasteiger charge is 2.52. The van der Waals surface area contributed by atoms with Gasteiger partial charge in [-0.25, -0.2) is 0 Å². The second-order valence-corrected chi connectivity index (χ2v) is 6.50. The zero-order valence-electron chi connectivity index (χ0n) is 10.8. The zero-order valence-corrected chi connectivity index (χ0v) is 11.6. The molecule has 102 valence electrons. The first-order valence-electron chi connectivity index (χ1n) is 6.15. The number of aromatic nitrogens is 3. The fraction of sp³-hybridized carbons (Fsp3) is 0.636. The second kappa shape index (κ2) is 4.22. The Morgan fingerprint density at radius 3 is 3.11 bits per heavy atom. The molecule has 2 N–H and O–H groups in total. The molecule has 1 aromatic heterocycles. The fourth-order valence-corrected chi connectivity index (χ4v) is 4.04. The molecule has 1 aromatic rings. The molecule has 3 heterocycles. The molecule has 8 heteroatoms. The minimum Gasteiger partial charge on any atom is -0.315 e. The normalized spacial score (nSPS) is 29.7. The molecule has 2 aliphatic rings. The molecule has 2 amide bonds. The van der Waals surface area contributed by atoms with E-state index < -0.39 is 6.04 Å². The van der Waals surface area contributed by atoms with E-state index in [2.05, 4.69) is 20.5 Å². The smallest absolute Gasteiger partial charge is 0.250 e. The Bertz CT molecular complexity index is 545. The van der Waals surface area contributed by atoms with Crippen molar-refractivity contribution in [2.45, 2.75) is 37.6 Å². The molecule has 0 radical (unpaired) electrons. The number of carbonyl (C=O) groups excluding carboxylic acids is 2. The Kier molecular flexibility index (Phi) is 2.77. The number of nitrogens with zero attached hydrogens (tertiary/aromatic N) is 3. The van der Waals surface area contributed by atoms with Crippen LogP contribution in [0.15, 0.2) is 0 Å². The Balaban J connectivity index is 1.76. The number of amides is 2. The van der Waals surface area contributed by atoms with Gasteiger partial charge >= 0.3 is 0 Å². The molecule has 7 nitrogen and oxygen atoms in total. The van der Waals surface area contributed by atoms with Crippen LogP contribution in [0.2, 0.25) is 0 Å². The van der Waals surface area contributed by atoms with Crippen LogP contribution < -0.4 is 5.32 Å². The quantitative estimate of drug-likeness (QED) is 0.824. The average molecular weight is 281 g/mol. The third kappa shape index (κ3) is 1.99. The second-order valence-electron chi connectivity index (χ2n) is 5.00. The Morgan fingerprint density at radius 1 is 1.63 bits per heavy atom. The number of anilines is 1. The molecule has 3 rings (SSSR count). The molecule has 2 atom stereocenters. The molecule has 2 aliphatic heterocycles. The van der Waals surface area contributed by atoms with Gasteiger partial charge in [-0.3, -0.25) is 20.0 Å². The van der Waals surface area contributed by atoms with Gasteiger partial charge in [0, 0.05) is 12.2 Å². The average Bonchev–Trinajstić information content (AvgIpc) is 2.97. The summed E-state index contributed by atoms with van der Waals surface area (Å²) in [5.41, 5.74) is 0. The summed E-state index contributed by atoms with van der Waals surface area (Å²) >= 11 is 1.67. The van der Waals surface area contributed by atoms with Crippen LogP contribution in [-0.4, -0.2) is 48.6 Å². The van der Waals surface area contributed by atoms with Crippen molar-refractivity contribution in [3.8, 4) is 0 Å². The van der Waals surface area contributed by atoms with Gasteiger partial charge in [-0.15, -0.1) is 16.9 Å². The van der Waals surface area contributed by atoms with E-state index in [-0.39, 0.29) is 22.6 Å². The third-order valence-electron chi connectivity index (χ3n) is 3.58. The van der Waals surface area contributed by atoms with E-state index in [0.717, 1.165) is 6.42 Å². The first-order valence-corrected chi connectivity index (χ1v) is 7.14. The zero-order chi connectivity index (χ0) is 13.6. The molecule has 19 heavy (non-hydrogen) atoms. The van der Waals surface area contributed by atoms with Gasteiger partial charge in [0.15, 0.2) is 0 Å². The van der Waals surface area contributed by atoms with Gasteiger partial charge in [0.2, 0.25) is 17.8 Å². The molecule has 0 aliphatic carbocycles. The van der Waals surface area contributed by atoms with E-state index in [4.69, 9.17) is 0 Å². The summed E-state index contributed by atoms with van der Waals surface area (Å²) in [6.45, 7) is 3.78. The highest BCUT2D eigenvalue weighted by Crippen LogP contribution is 2.47. The summed E-state index contributed by atoms with van der Waals surface area (Å²) in [4.78, 5) is 29.7. The topological polar surface area (TPSA) is 91.0 Å². The van der Waals surface area contributed by atoms with Crippen molar-refractivity contribution in [2.24, 2.45) is 0 Å². The van der Waals surface area contributed by atoms with Crippen LogP contribution in [0.25, 0.3) is 0 Å². The van der Waals surface area contributed by atoms with Crippen LogP contribution in [0.5, 0.6) is 0 Å². The Labute approximate surface area is 114 Å². The molecule has 2 unspecified atom stereocenters. The maximum atomic E-state index is 12.2. The summed E-state index contributed by atoms with van der Waals surface area (Å²) in [6, 6.07) is -0.427. The van der Waals surface area contributed by atoms with Crippen LogP contribution in [0.4, 0.5) is 5.95 Å². The predicted molar refractivity (Wildman–Crippen MR) is 70.5 cm³/mol. The van der Waals surface area contributed by atoms with E-state index in [0.29, 0.717) is 18.0 Å². The SMILES string of the molecule is Cc1nc(NC(=O)C2CSC3(C)CCC(=O)N23)n[nH]1. The molecular formula is C11H15N5O2S. The van der Waals surface area contributed by atoms with Crippen molar-refractivity contribution in [1.82, 2.24) is 20.1 Å². The highest BCUT2D eigenvalue weighted by molar-refractivity contribution is 8.01. The number of rotatable bonds is 2. The van der Waals surface area contributed by atoms with Gasteiger partial charge in [0.05, 0.1) is 4.87 Å². The van der Waals surface area contributed by atoms with E-state index in [9.17, 15) is 9.59 Å². The number of carbonyl (C=O) groups is 2. The molecule has 0 spiro atoms. The maximum absolute atomic E-state index is 12.2. The van der Waals surface area contributed by atoms with E-state index >= 15 is 0 Å². The number of hydrogen-bond donors (Lipinski definition) is 2. The van der Waals surface area contributed by atoms with Crippen molar-refractivity contribution in [1.29, 1.82) is 0 Å². The fourth-order valence-electron chi connectivity index (χ4n) is 2.61. The lowest BCUT2D eigenvalue weighted by atomic mass is 10.2. The molecule has 0 bridgehead atoms. The molecular weight excluding hydrogens is 266 g/mol. The minimum atomic E-state index is -0.427. The van der Waals surface area contributed by atoms with Gasteiger partial charge < -0.3 is 4.90 Å². The first-order chi connectivity index (χ1) is 8.99. The first kappa shape index (κ1) is 12.5. The number of hydrogen-bond acceptors (Lipinski definition) is 5. The van der Waals surface area contributed by atoms with Crippen molar-refractivity contribution in [2.75, 3.05) is 11.1 Å². The highest BCUT2D eigenvalue weighted by atomic mass is 32.2. The largest absolute Gasteiger partial charge is 0.315 e. The monoisotopic (exact) mass is 281 g/mol. The van der Waals surface area contributed by atoms with E-state index in [1.54, 1.807) is 23.6 Å². The predicted octanol–water partition coefficient (Wildman–Crippen LogP) is 0.506. The van der Waals surface area contributed by atoms with Crippen molar-refractivity contribution in [3.63, 3.8) is 0 Å². The van der Waals surface area contributed by atoms with Gasteiger partial charge in [-0.05, 0) is 20.3 Å². The van der Waals surface area contributed by atoms with E-state index in [1.807, 2.05) is 6.92 Å². The summed E-state index contributed by atoms with van der Waals surface area (Å²) in [6.07, 6.45) is 1.33. The molecule has 2 saturated heterocycles. The van der Waals surface area contributed by atoms with Crippen molar-refractivity contribution < 1.29 is 9.59 Å². The molecule has 2 fully saturated rings. The van der Waals surface area contributed by atoms with Gasteiger partial charge in [0.25, 0.3) is 0 Å². The van der Waals surface area contributed by atoms with Crippen LogP contribution in [-0.2, 0) is 9.59 Å². The number of H-pyrrole nitrogens is 1. The van der Waals surface area contributed by atoms with Crippen LogP contribution in [0, 0.1) is 6.92 Å². The Morgan fingerprint density at radius 2 is 2.42 bits per heavy atom. The lowest BCUT2D eigenvalue weighted by molar-refractivity contribution is -0.135. The van der Waals surface area contributed by atoms with Crippen LogP contribution >= 0.6 is 11.8 Å². The summed E-state index contributed by atoms with van der Waals surface area (Å²) < 4.78 is 0. The minimum absolute atomic E-state index is 0.0545. The third-order valence-corrected chi connectivity index (χ3v) is 5.08. The number of aromatic amines is 1. The molecule has 0 saturated carbocycles. The van der Waals surface area contributed by atoms with Gasteiger partial charge in [-0.2, -0.15) is 4.98 Å². The number of thioether (sulfide) groups is 1. The lowest BCUT2D eigenvalue weighted by Crippen LogP contribution is -2.48. The number of fused-ring (bicyclic) bond motifs is 1. The van der Waals surface area contributed by atoms with Gasteiger partial charge in [-0.1, -0.05) is 0 Å². The standard InChI is InChI=1S/C11H15N5O2S/c1-6-12-10(15-14-6)13-9(18)7-5-19-11(2)4-3-8(17)16(7)11/h7H,3-5H2,1-2H3,(H2,12,13,14,15,18). The van der Waals surface area contributed by atoms with Gasteiger partial charge in [0.1, 0.15) is 11.9 Å². The number of aryl methyl sites for hydroxylation is 1. The van der Waals surface area contributed by atoms with E-state index in [1.165, 1.54) is 0 Å². The van der Waals surface area contributed by atoms with Crippen LogP contribution in [0.1, 0.15) is 25.6 Å². The summed E-state index contributed by atoms with van der Waals surface area (Å²) in [7, 11) is 0. The summed E-state index contributed by atoms with van der Waals surface area (Å²) in [5.74, 6) is 1.35. The maximum Gasteiger partial charge on any atom is 0.250 e. The van der Waals surface area contributed by atoms with Crippen molar-refractivity contribution >= 4 is 29.5 Å². The molecule has 0 aromatic carbocycles. The van der Waals surface area contributed by atoms with Crippen LogP contribution in [0.3, 0.4) is 0 Å². The van der Waals surface area contributed by atoms with Crippen molar-refractivity contribution in [3.05, 3.63) is 5.82 Å². The summed E-state index contributed by atoms with van der Waals surface area (Å²) in [5, 5.41) is 9.19. The Hall–Kier alpha value is -1.57. The lowest BCUT2D eigenvalue weighted by Gasteiger charge is -2.29.